The standard InChI is InChI=1S/C15H21NO3/c1-18-14-5-2-12(3-6-14)4-7-15(17)16-13-8-10-19-11-9-13/h2-3,5-6,13H,4,7-11H2,1H3,(H,16,17). The molecule has 0 aliphatic carbocycles. The number of amides is 1. The Kier molecular flexibility index (Phi) is 5.21. The number of aryl methyl sites for hydroxylation is 1. The van der Waals surface area contributed by atoms with Crippen LogP contribution in [0.25, 0.3) is 0 Å². The fraction of sp³-hybridized carbons (Fsp3) is 0.533. The lowest BCUT2D eigenvalue weighted by atomic mass is 10.1. The van der Waals surface area contributed by atoms with E-state index < -0.39 is 0 Å². The molecule has 1 fully saturated rings. The minimum absolute atomic E-state index is 0.128. The second kappa shape index (κ2) is 7.14. The van der Waals surface area contributed by atoms with Gasteiger partial charge in [-0.2, -0.15) is 0 Å². The highest BCUT2D eigenvalue weighted by molar-refractivity contribution is 5.76. The molecule has 1 saturated heterocycles. The summed E-state index contributed by atoms with van der Waals surface area (Å²) in [7, 11) is 1.65. The molecule has 19 heavy (non-hydrogen) atoms. The van der Waals surface area contributed by atoms with Gasteiger partial charge in [0, 0.05) is 25.7 Å². The van der Waals surface area contributed by atoms with E-state index in [-0.39, 0.29) is 11.9 Å². The monoisotopic (exact) mass is 263 g/mol. The number of rotatable bonds is 5. The molecule has 1 N–H and O–H groups in total. The molecule has 0 unspecified atom stereocenters. The van der Waals surface area contributed by atoms with Crippen LogP contribution in [0.3, 0.4) is 0 Å². The number of nitrogens with one attached hydrogen (secondary N) is 1. The van der Waals surface area contributed by atoms with Gasteiger partial charge < -0.3 is 14.8 Å². The lowest BCUT2D eigenvalue weighted by Crippen LogP contribution is -2.38. The molecule has 0 saturated carbocycles. The van der Waals surface area contributed by atoms with Crippen molar-refractivity contribution in [3.8, 4) is 5.75 Å². The van der Waals surface area contributed by atoms with E-state index in [1.807, 2.05) is 24.3 Å². The molecule has 0 radical (unpaired) electrons. The zero-order chi connectivity index (χ0) is 13.5. The molecule has 0 atom stereocenters. The first-order valence-electron chi connectivity index (χ1n) is 6.78. The molecule has 4 nitrogen and oxygen atoms in total. The maximum atomic E-state index is 11.8. The van der Waals surface area contributed by atoms with Crippen molar-refractivity contribution in [2.24, 2.45) is 0 Å². The summed E-state index contributed by atoms with van der Waals surface area (Å²) in [5, 5.41) is 3.07. The normalized spacial score (nSPS) is 16.1. The number of benzene rings is 1. The second-order valence-electron chi connectivity index (χ2n) is 4.80. The van der Waals surface area contributed by atoms with E-state index in [2.05, 4.69) is 5.32 Å². The predicted molar refractivity (Wildman–Crippen MR) is 73.3 cm³/mol. The summed E-state index contributed by atoms with van der Waals surface area (Å²) in [6.07, 6.45) is 3.14. The molecule has 1 aromatic carbocycles. The van der Waals surface area contributed by atoms with Crippen LogP contribution in [-0.2, 0) is 16.0 Å². The largest absolute Gasteiger partial charge is 0.497 e. The second-order valence-corrected chi connectivity index (χ2v) is 4.80. The third-order valence-corrected chi connectivity index (χ3v) is 3.39. The highest BCUT2D eigenvalue weighted by Crippen LogP contribution is 2.13. The van der Waals surface area contributed by atoms with E-state index >= 15 is 0 Å². The Labute approximate surface area is 114 Å². The van der Waals surface area contributed by atoms with Crippen molar-refractivity contribution in [1.29, 1.82) is 0 Å². The van der Waals surface area contributed by atoms with Crippen LogP contribution < -0.4 is 10.1 Å². The molecular formula is C15H21NO3. The smallest absolute Gasteiger partial charge is 0.220 e. The lowest BCUT2D eigenvalue weighted by molar-refractivity contribution is -0.122. The Morgan fingerprint density at radius 2 is 2.00 bits per heavy atom. The molecule has 1 amide bonds. The van der Waals surface area contributed by atoms with Crippen LogP contribution in [0.15, 0.2) is 24.3 Å². The van der Waals surface area contributed by atoms with Crippen LogP contribution >= 0.6 is 0 Å². The number of hydrogen-bond donors (Lipinski definition) is 1. The lowest BCUT2D eigenvalue weighted by Gasteiger charge is -2.23. The quantitative estimate of drug-likeness (QED) is 0.883. The molecule has 0 bridgehead atoms. The molecule has 1 heterocycles. The summed E-state index contributed by atoms with van der Waals surface area (Å²) in [5.74, 6) is 0.970. The van der Waals surface area contributed by atoms with Gasteiger partial charge >= 0.3 is 0 Å². The predicted octanol–water partition coefficient (Wildman–Crippen LogP) is 1.92. The minimum atomic E-state index is 0.128. The zero-order valence-electron chi connectivity index (χ0n) is 11.4. The van der Waals surface area contributed by atoms with Gasteiger partial charge in [0.15, 0.2) is 0 Å². The average molecular weight is 263 g/mol. The van der Waals surface area contributed by atoms with Gasteiger partial charge in [0.05, 0.1) is 7.11 Å². The van der Waals surface area contributed by atoms with Crippen molar-refractivity contribution < 1.29 is 14.3 Å². The Bertz CT molecular complexity index is 396. The van der Waals surface area contributed by atoms with Gasteiger partial charge in [0.1, 0.15) is 5.75 Å². The van der Waals surface area contributed by atoms with Crippen molar-refractivity contribution in [2.45, 2.75) is 31.7 Å². The van der Waals surface area contributed by atoms with E-state index in [0.717, 1.165) is 43.8 Å². The van der Waals surface area contributed by atoms with Crippen LogP contribution in [0.5, 0.6) is 5.75 Å². The third kappa shape index (κ3) is 4.56. The molecular weight excluding hydrogens is 242 g/mol. The van der Waals surface area contributed by atoms with Crippen LogP contribution in [0.2, 0.25) is 0 Å². The van der Waals surface area contributed by atoms with Crippen molar-refractivity contribution in [3.63, 3.8) is 0 Å². The van der Waals surface area contributed by atoms with Crippen molar-refractivity contribution in [2.75, 3.05) is 20.3 Å². The fourth-order valence-corrected chi connectivity index (χ4v) is 2.19. The van der Waals surface area contributed by atoms with Crippen LogP contribution in [0.4, 0.5) is 0 Å². The summed E-state index contributed by atoms with van der Waals surface area (Å²) < 4.78 is 10.4. The molecule has 1 aliphatic rings. The molecule has 104 valence electrons. The fourth-order valence-electron chi connectivity index (χ4n) is 2.19. The van der Waals surface area contributed by atoms with E-state index in [4.69, 9.17) is 9.47 Å². The van der Waals surface area contributed by atoms with Crippen LogP contribution in [0, 0.1) is 0 Å². The van der Waals surface area contributed by atoms with E-state index in [9.17, 15) is 4.79 Å². The summed E-state index contributed by atoms with van der Waals surface area (Å²) in [5.41, 5.74) is 1.16. The summed E-state index contributed by atoms with van der Waals surface area (Å²) >= 11 is 0. The first-order valence-corrected chi connectivity index (χ1v) is 6.78. The molecule has 2 rings (SSSR count). The van der Waals surface area contributed by atoms with Crippen molar-refractivity contribution >= 4 is 5.91 Å². The van der Waals surface area contributed by atoms with Crippen LogP contribution in [-0.4, -0.2) is 32.3 Å². The zero-order valence-corrected chi connectivity index (χ0v) is 11.4. The molecule has 4 heteroatoms. The molecule has 1 aromatic rings. The first-order chi connectivity index (χ1) is 9.28. The molecule has 0 aromatic heterocycles. The first kappa shape index (κ1) is 13.9. The van der Waals surface area contributed by atoms with Gasteiger partial charge in [-0.3, -0.25) is 4.79 Å². The highest BCUT2D eigenvalue weighted by Gasteiger charge is 2.15. The van der Waals surface area contributed by atoms with Crippen molar-refractivity contribution in [3.05, 3.63) is 29.8 Å². The van der Waals surface area contributed by atoms with E-state index in [1.54, 1.807) is 7.11 Å². The van der Waals surface area contributed by atoms with Gasteiger partial charge in [0.2, 0.25) is 5.91 Å². The molecule has 1 aliphatic heterocycles. The number of methoxy groups -OCH3 is 1. The van der Waals surface area contributed by atoms with Gasteiger partial charge in [-0.1, -0.05) is 12.1 Å². The number of carbonyl (C=O) groups excluding carboxylic acids is 1. The van der Waals surface area contributed by atoms with Gasteiger partial charge in [-0.25, -0.2) is 0 Å². The maximum Gasteiger partial charge on any atom is 0.220 e. The summed E-state index contributed by atoms with van der Waals surface area (Å²) in [6, 6.07) is 8.13. The number of hydrogen-bond acceptors (Lipinski definition) is 3. The van der Waals surface area contributed by atoms with Gasteiger partial charge in [-0.05, 0) is 37.0 Å². The number of carbonyl (C=O) groups is 1. The highest BCUT2D eigenvalue weighted by atomic mass is 16.5. The third-order valence-electron chi connectivity index (χ3n) is 3.39. The van der Waals surface area contributed by atoms with Crippen LogP contribution in [0.1, 0.15) is 24.8 Å². The average Bonchev–Trinajstić information content (AvgIpc) is 2.47. The number of ether oxygens (including phenoxy) is 2. The summed E-state index contributed by atoms with van der Waals surface area (Å²) in [4.78, 5) is 11.8. The Morgan fingerprint density at radius 3 is 2.63 bits per heavy atom. The van der Waals surface area contributed by atoms with Gasteiger partial charge in [0.25, 0.3) is 0 Å². The Hall–Kier alpha value is -1.55. The SMILES string of the molecule is COc1ccc(CCC(=O)NC2CCOCC2)cc1. The topological polar surface area (TPSA) is 47.6 Å². The Balaban J connectivity index is 1.72. The Morgan fingerprint density at radius 1 is 1.32 bits per heavy atom. The van der Waals surface area contributed by atoms with E-state index in [0.29, 0.717) is 6.42 Å². The molecule has 0 spiro atoms. The minimum Gasteiger partial charge on any atom is -0.497 e. The van der Waals surface area contributed by atoms with Crippen molar-refractivity contribution in [1.82, 2.24) is 5.32 Å². The van der Waals surface area contributed by atoms with E-state index in [1.165, 1.54) is 0 Å². The van der Waals surface area contributed by atoms with Gasteiger partial charge in [-0.15, -0.1) is 0 Å². The summed E-state index contributed by atoms with van der Waals surface area (Å²) in [6.45, 7) is 1.51. The maximum absolute atomic E-state index is 11.8.